The molecule has 288 valence electrons. The number of carboxylic acid groups (broad SMARTS) is 1. The second-order valence-electron chi connectivity index (χ2n) is 14.2. The number of aliphatic carboxylic acids is 1. The maximum atomic E-state index is 14.5. The second kappa shape index (κ2) is 18.8. The number of thioether (sulfide) groups is 1. The average Bonchev–Trinajstić information content (AvgIpc) is 3.25. The van der Waals surface area contributed by atoms with Gasteiger partial charge in [-0.3, -0.25) is 9.59 Å². The Labute approximate surface area is 319 Å². The maximum Gasteiger partial charge on any atom is 0.326 e. The SMILES string of the molecule is CCCCC1(CCCC)CN(c2ccccc2)c2cc(SC)c(OC(C)C(=O)N[C@@H](C(=O)N[C@H](C(=O)O)C(C)CC)c3ccccc3)cc2S(=O)(=O)C1. The number of hydrogen-bond acceptors (Lipinski definition) is 8. The van der Waals surface area contributed by atoms with Gasteiger partial charge >= 0.3 is 5.97 Å². The van der Waals surface area contributed by atoms with Crippen molar-refractivity contribution in [2.45, 2.75) is 108 Å². The highest BCUT2D eigenvalue weighted by molar-refractivity contribution is 7.98. The molecular weight excluding hydrogens is 711 g/mol. The summed E-state index contributed by atoms with van der Waals surface area (Å²) >= 11 is 1.39. The molecule has 4 atom stereocenters. The molecule has 53 heavy (non-hydrogen) atoms. The normalized spacial score (nSPS) is 17.0. The van der Waals surface area contributed by atoms with Crippen LogP contribution < -0.4 is 20.3 Å². The smallest absolute Gasteiger partial charge is 0.326 e. The van der Waals surface area contributed by atoms with Crippen LogP contribution in [0.15, 0.2) is 82.6 Å². The van der Waals surface area contributed by atoms with E-state index in [4.69, 9.17) is 4.74 Å². The Morgan fingerprint density at radius 2 is 1.51 bits per heavy atom. The Morgan fingerprint density at radius 3 is 2.06 bits per heavy atom. The van der Waals surface area contributed by atoms with Crippen molar-refractivity contribution in [1.82, 2.24) is 10.6 Å². The molecule has 1 heterocycles. The van der Waals surface area contributed by atoms with Gasteiger partial charge in [0, 0.05) is 23.7 Å². The average molecular weight is 766 g/mol. The molecule has 0 bridgehead atoms. The van der Waals surface area contributed by atoms with E-state index in [0.29, 0.717) is 29.1 Å². The molecule has 3 aromatic carbocycles. The van der Waals surface area contributed by atoms with Crippen LogP contribution in [0, 0.1) is 11.3 Å². The number of sulfone groups is 1. The number of benzene rings is 3. The first kappa shape index (κ1) is 41.7. The molecule has 0 radical (unpaired) electrons. The van der Waals surface area contributed by atoms with Gasteiger partial charge in [0.2, 0.25) is 5.91 Å². The van der Waals surface area contributed by atoms with E-state index < -0.39 is 51.2 Å². The number of rotatable bonds is 18. The first-order chi connectivity index (χ1) is 25.3. The molecule has 4 rings (SSSR count). The van der Waals surface area contributed by atoms with E-state index >= 15 is 0 Å². The van der Waals surface area contributed by atoms with Gasteiger partial charge < -0.3 is 25.4 Å². The zero-order chi connectivity index (χ0) is 38.8. The van der Waals surface area contributed by atoms with Crippen LogP contribution >= 0.6 is 11.8 Å². The molecule has 3 aromatic rings. The third kappa shape index (κ3) is 10.3. The minimum atomic E-state index is -3.82. The molecule has 3 N–H and O–H groups in total. The topological polar surface area (TPSA) is 142 Å². The molecule has 12 heteroatoms. The zero-order valence-electron chi connectivity index (χ0n) is 31.8. The van der Waals surface area contributed by atoms with Crippen LogP contribution in [0.1, 0.15) is 91.2 Å². The largest absolute Gasteiger partial charge is 0.480 e. The number of amides is 2. The Hall–Kier alpha value is -4.03. The Balaban J connectivity index is 1.71. The number of para-hydroxylation sites is 1. The van der Waals surface area contributed by atoms with Crippen LogP contribution in [0.25, 0.3) is 0 Å². The van der Waals surface area contributed by atoms with E-state index in [-0.39, 0.29) is 22.3 Å². The van der Waals surface area contributed by atoms with E-state index in [1.54, 1.807) is 43.3 Å². The molecule has 0 aliphatic carbocycles. The van der Waals surface area contributed by atoms with E-state index in [1.807, 2.05) is 49.6 Å². The van der Waals surface area contributed by atoms with Crippen LogP contribution in [0.4, 0.5) is 11.4 Å². The monoisotopic (exact) mass is 765 g/mol. The lowest BCUT2D eigenvalue weighted by molar-refractivity contribution is -0.144. The molecule has 10 nitrogen and oxygen atoms in total. The van der Waals surface area contributed by atoms with Crippen molar-refractivity contribution >= 4 is 50.8 Å². The van der Waals surface area contributed by atoms with Crippen molar-refractivity contribution in [3.8, 4) is 5.75 Å². The highest BCUT2D eigenvalue weighted by Crippen LogP contribution is 2.48. The van der Waals surface area contributed by atoms with Gasteiger partial charge in [-0.2, -0.15) is 0 Å². The Morgan fingerprint density at radius 1 is 0.906 bits per heavy atom. The first-order valence-corrected chi connectivity index (χ1v) is 21.5. The number of hydrogen-bond donors (Lipinski definition) is 3. The standard InChI is InChI=1S/C41H55N3O7S2/c1-7-10-22-41(23-11-8-2)26-44(31-20-16-13-17-21-31)32-24-34(52-6)33(25-35(32)53(49,50)27-41)51-29(5)38(45)43-37(30-18-14-12-15-19-30)39(46)42-36(40(47)48)28(4)9-3/h12-21,24-25,28-29,36-37H,7-11,22-23,26-27H2,1-6H3,(H,42,46)(H,43,45)(H,47,48)/t28?,29?,36-,37+/m0/s1. The van der Waals surface area contributed by atoms with E-state index in [0.717, 1.165) is 44.2 Å². The number of carboxylic acids is 1. The van der Waals surface area contributed by atoms with E-state index in [2.05, 4.69) is 29.4 Å². The Kier molecular flexibility index (Phi) is 14.8. The summed E-state index contributed by atoms with van der Waals surface area (Å²) in [6.45, 7) is 9.93. The third-order valence-corrected chi connectivity index (χ3v) is 12.9. The van der Waals surface area contributed by atoms with Gasteiger partial charge in [-0.25, -0.2) is 13.2 Å². The van der Waals surface area contributed by atoms with Crippen molar-refractivity contribution in [2.24, 2.45) is 11.3 Å². The number of carbonyl (C=O) groups excluding carboxylic acids is 2. The van der Waals surface area contributed by atoms with Gasteiger partial charge in [0.1, 0.15) is 17.8 Å². The first-order valence-electron chi connectivity index (χ1n) is 18.6. The molecule has 1 aliphatic rings. The van der Waals surface area contributed by atoms with Gasteiger partial charge in [0.15, 0.2) is 15.9 Å². The predicted molar refractivity (Wildman–Crippen MR) is 212 cm³/mol. The van der Waals surface area contributed by atoms with Crippen LogP contribution in [0.5, 0.6) is 5.75 Å². The van der Waals surface area contributed by atoms with Gasteiger partial charge in [0.25, 0.3) is 5.91 Å². The molecule has 2 unspecified atom stereocenters. The van der Waals surface area contributed by atoms with Gasteiger partial charge in [0.05, 0.1) is 21.2 Å². The fourth-order valence-corrected chi connectivity index (χ4v) is 9.58. The number of unbranched alkanes of at least 4 members (excludes halogenated alkanes) is 2. The molecular formula is C41H55N3O7S2. The fourth-order valence-electron chi connectivity index (χ4n) is 6.93. The summed E-state index contributed by atoms with van der Waals surface area (Å²) in [4.78, 5) is 42.3. The molecule has 1 aliphatic heterocycles. The lowest BCUT2D eigenvalue weighted by Gasteiger charge is -2.37. The van der Waals surface area contributed by atoms with Crippen molar-refractivity contribution in [3.05, 3.63) is 78.4 Å². The van der Waals surface area contributed by atoms with E-state index in [9.17, 15) is 27.9 Å². The summed E-state index contributed by atoms with van der Waals surface area (Å²) in [5.41, 5.74) is 1.49. The summed E-state index contributed by atoms with van der Waals surface area (Å²) in [5, 5.41) is 15.2. The minimum Gasteiger partial charge on any atom is -0.480 e. The molecule has 0 spiro atoms. The number of ether oxygens (including phenoxy) is 1. The van der Waals surface area contributed by atoms with Gasteiger partial charge in [-0.05, 0) is 55.7 Å². The van der Waals surface area contributed by atoms with Crippen LogP contribution in [0.3, 0.4) is 0 Å². The van der Waals surface area contributed by atoms with Crippen molar-refractivity contribution in [1.29, 1.82) is 0 Å². The second-order valence-corrected chi connectivity index (χ2v) is 17.0. The summed E-state index contributed by atoms with van der Waals surface area (Å²) in [7, 11) is -3.82. The number of anilines is 2. The highest BCUT2D eigenvalue weighted by Gasteiger charge is 2.43. The quantitative estimate of drug-likeness (QED) is 0.110. The van der Waals surface area contributed by atoms with Crippen LogP contribution in [-0.4, -0.2) is 62.0 Å². The van der Waals surface area contributed by atoms with Gasteiger partial charge in [-0.15, -0.1) is 11.8 Å². The van der Waals surface area contributed by atoms with Crippen molar-refractivity contribution in [2.75, 3.05) is 23.5 Å². The van der Waals surface area contributed by atoms with Crippen LogP contribution in [-0.2, 0) is 24.2 Å². The number of nitrogens with one attached hydrogen (secondary N) is 2. The highest BCUT2D eigenvalue weighted by atomic mass is 32.2. The number of carbonyl (C=O) groups is 3. The summed E-state index contributed by atoms with van der Waals surface area (Å²) in [5.74, 6) is -2.55. The Bertz CT molecular complexity index is 1800. The molecule has 0 saturated carbocycles. The van der Waals surface area contributed by atoms with E-state index in [1.165, 1.54) is 18.7 Å². The molecule has 0 fully saturated rings. The van der Waals surface area contributed by atoms with Crippen molar-refractivity contribution < 1.29 is 32.6 Å². The predicted octanol–water partition coefficient (Wildman–Crippen LogP) is 7.94. The third-order valence-electron chi connectivity index (χ3n) is 10.2. The zero-order valence-corrected chi connectivity index (χ0v) is 33.4. The summed E-state index contributed by atoms with van der Waals surface area (Å²) in [6, 6.07) is 19.5. The number of nitrogens with zero attached hydrogens (tertiary/aromatic N) is 1. The van der Waals surface area contributed by atoms with Crippen molar-refractivity contribution in [3.63, 3.8) is 0 Å². The van der Waals surface area contributed by atoms with Gasteiger partial charge in [-0.1, -0.05) is 108 Å². The van der Waals surface area contributed by atoms with Crippen LogP contribution in [0.2, 0.25) is 0 Å². The molecule has 0 aromatic heterocycles. The maximum absolute atomic E-state index is 14.5. The lowest BCUT2D eigenvalue weighted by Crippen LogP contribution is -2.51. The fraction of sp³-hybridized carbons (Fsp3) is 0.488. The summed E-state index contributed by atoms with van der Waals surface area (Å²) < 4.78 is 35.3. The molecule has 0 saturated heterocycles. The summed E-state index contributed by atoms with van der Waals surface area (Å²) in [6.07, 6.45) is 6.60. The number of fused-ring (bicyclic) bond motifs is 1. The molecule has 2 amide bonds. The lowest BCUT2D eigenvalue weighted by atomic mass is 9.79. The minimum absolute atomic E-state index is 0.00623.